The van der Waals surface area contributed by atoms with Crippen LogP contribution in [0.3, 0.4) is 0 Å². The summed E-state index contributed by atoms with van der Waals surface area (Å²) in [6, 6.07) is 7.43. The van der Waals surface area contributed by atoms with Crippen LogP contribution in [0.25, 0.3) is 11.3 Å². The molecule has 0 saturated carbocycles. The third-order valence-electron chi connectivity index (χ3n) is 2.98. The normalized spacial score (nSPS) is 14.2. The molecule has 1 aliphatic heterocycles. The minimum Gasteiger partial charge on any atom is -0.381 e. The first kappa shape index (κ1) is 9.89. The van der Waals surface area contributed by atoms with Gasteiger partial charge in [-0.05, 0) is 11.6 Å². The second kappa shape index (κ2) is 3.35. The van der Waals surface area contributed by atoms with Crippen LogP contribution in [0.4, 0.5) is 11.5 Å². The number of nitrogens with zero attached hydrogens (tertiary/aromatic N) is 2. The van der Waals surface area contributed by atoms with E-state index in [2.05, 4.69) is 5.16 Å². The molecule has 1 amide bonds. The van der Waals surface area contributed by atoms with Gasteiger partial charge in [0.25, 0.3) is 0 Å². The van der Waals surface area contributed by atoms with Crippen LogP contribution in [0.1, 0.15) is 5.56 Å². The number of nitrogen functional groups attached to an aromatic ring is 1. The topological polar surface area (TPSA) is 72.4 Å². The summed E-state index contributed by atoms with van der Waals surface area (Å²) in [6.07, 6.45) is 0.463. The molecule has 0 atom stereocenters. The van der Waals surface area contributed by atoms with Gasteiger partial charge in [0, 0.05) is 24.4 Å². The summed E-state index contributed by atoms with van der Waals surface area (Å²) < 4.78 is 5.09. The van der Waals surface area contributed by atoms with E-state index in [0.29, 0.717) is 18.0 Å². The number of nitrogens with two attached hydrogens (primary N) is 1. The predicted octanol–water partition coefficient (Wildman–Crippen LogP) is 1.44. The number of hydrogen-bond acceptors (Lipinski definition) is 4. The number of likely N-dealkylation sites (N-methyl/N-ethyl adjacent to an activating group) is 1. The lowest BCUT2D eigenvalue weighted by molar-refractivity contribution is -0.117. The number of aromatic nitrogens is 1. The Hall–Kier alpha value is -2.30. The molecule has 2 heterocycles. The van der Waals surface area contributed by atoms with Crippen LogP contribution in [-0.2, 0) is 11.2 Å². The molecule has 0 radical (unpaired) electrons. The number of carbonyl (C=O) groups excluding carboxylic acids is 1. The summed E-state index contributed by atoms with van der Waals surface area (Å²) in [5.74, 6) is 1.07. The molecule has 0 spiro atoms. The molecule has 0 saturated heterocycles. The standard InChI is InChI=1S/C12H11N3O2/c1-15-9-4-8(10-6-11(13)14-17-10)3-2-7(9)5-12(15)16/h2-4,6H,5H2,1H3,(H2,13,14). The second-order valence-corrected chi connectivity index (χ2v) is 4.09. The fourth-order valence-corrected chi connectivity index (χ4v) is 2.02. The maximum atomic E-state index is 11.6. The molecule has 1 aromatic heterocycles. The first-order chi connectivity index (χ1) is 8.15. The van der Waals surface area contributed by atoms with E-state index in [4.69, 9.17) is 10.3 Å². The van der Waals surface area contributed by atoms with Crippen molar-refractivity contribution in [3.8, 4) is 11.3 Å². The highest BCUT2D eigenvalue weighted by Gasteiger charge is 2.24. The molecule has 17 heavy (non-hydrogen) atoms. The minimum atomic E-state index is 0.106. The summed E-state index contributed by atoms with van der Waals surface area (Å²) in [5, 5.41) is 3.64. The molecule has 1 aromatic carbocycles. The van der Waals surface area contributed by atoms with E-state index in [9.17, 15) is 4.79 Å². The Labute approximate surface area is 97.8 Å². The maximum Gasteiger partial charge on any atom is 0.231 e. The molecule has 0 bridgehead atoms. The molecule has 2 N–H and O–H groups in total. The van der Waals surface area contributed by atoms with Crippen molar-refractivity contribution < 1.29 is 9.32 Å². The number of hydrogen-bond donors (Lipinski definition) is 1. The first-order valence-corrected chi connectivity index (χ1v) is 5.27. The molecule has 0 aliphatic carbocycles. The lowest BCUT2D eigenvalue weighted by atomic mass is 10.1. The van der Waals surface area contributed by atoms with Crippen molar-refractivity contribution in [1.82, 2.24) is 5.16 Å². The third kappa shape index (κ3) is 1.47. The summed E-state index contributed by atoms with van der Waals surface area (Å²) >= 11 is 0. The average molecular weight is 229 g/mol. The Kier molecular flexibility index (Phi) is 1.95. The summed E-state index contributed by atoms with van der Waals surface area (Å²) in [6.45, 7) is 0. The van der Waals surface area contributed by atoms with Crippen LogP contribution in [0, 0.1) is 0 Å². The maximum absolute atomic E-state index is 11.6. The van der Waals surface area contributed by atoms with Crippen LogP contribution < -0.4 is 10.6 Å². The molecule has 5 heteroatoms. The third-order valence-corrected chi connectivity index (χ3v) is 2.98. The molecule has 0 unspecified atom stereocenters. The van der Waals surface area contributed by atoms with Gasteiger partial charge in [0.1, 0.15) is 0 Å². The molecule has 5 nitrogen and oxygen atoms in total. The number of rotatable bonds is 1. The van der Waals surface area contributed by atoms with Gasteiger partial charge in [0.05, 0.1) is 6.42 Å². The van der Waals surface area contributed by atoms with E-state index in [1.54, 1.807) is 18.0 Å². The van der Waals surface area contributed by atoms with Crippen LogP contribution >= 0.6 is 0 Å². The van der Waals surface area contributed by atoms with Crippen molar-refractivity contribution in [3.63, 3.8) is 0 Å². The SMILES string of the molecule is CN1C(=O)Cc2ccc(-c3cc(N)no3)cc21. The van der Waals surface area contributed by atoms with Gasteiger partial charge < -0.3 is 15.2 Å². The van der Waals surface area contributed by atoms with Crippen LogP contribution in [0.2, 0.25) is 0 Å². The molecule has 2 aromatic rings. The van der Waals surface area contributed by atoms with Gasteiger partial charge in [-0.2, -0.15) is 0 Å². The van der Waals surface area contributed by atoms with Gasteiger partial charge in [-0.1, -0.05) is 17.3 Å². The zero-order chi connectivity index (χ0) is 12.0. The highest BCUT2D eigenvalue weighted by molar-refractivity contribution is 6.01. The lowest BCUT2D eigenvalue weighted by Crippen LogP contribution is -2.20. The molecule has 3 rings (SSSR count). The van der Waals surface area contributed by atoms with Crippen LogP contribution in [0.5, 0.6) is 0 Å². The molecule has 0 fully saturated rings. The number of amides is 1. The number of carbonyl (C=O) groups is 1. The van der Waals surface area contributed by atoms with E-state index >= 15 is 0 Å². The Morgan fingerprint density at radius 1 is 1.41 bits per heavy atom. The van der Waals surface area contributed by atoms with Gasteiger partial charge in [-0.25, -0.2) is 0 Å². The largest absolute Gasteiger partial charge is 0.381 e. The predicted molar refractivity (Wildman–Crippen MR) is 63.5 cm³/mol. The summed E-state index contributed by atoms with van der Waals surface area (Å²) in [4.78, 5) is 13.2. The number of fused-ring (bicyclic) bond motifs is 1. The molecule has 86 valence electrons. The van der Waals surface area contributed by atoms with E-state index in [1.165, 1.54) is 0 Å². The zero-order valence-electron chi connectivity index (χ0n) is 9.30. The second-order valence-electron chi connectivity index (χ2n) is 4.09. The van der Waals surface area contributed by atoms with E-state index in [0.717, 1.165) is 16.8 Å². The number of anilines is 2. The Bertz CT molecular complexity index is 604. The monoisotopic (exact) mass is 229 g/mol. The fraction of sp³-hybridized carbons (Fsp3) is 0.167. The van der Waals surface area contributed by atoms with Crippen molar-refractivity contribution in [1.29, 1.82) is 0 Å². The van der Waals surface area contributed by atoms with E-state index < -0.39 is 0 Å². The highest BCUT2D eigenvalue weighted by Crippen LogP contribution is 2.32. The highest BCUT2D eigenvalue weighted by atomic mass is 16.5. The molecule has 1 aliphatic rings. The van der Waals surface area contributed by atoms with Crippen molar-refractivity contribution in [2.45, 2.75) is 6.42 Å². The summed E-state index contributed by atoms with van der Waals surface area (Å²) in [7, 11) is 1.77. The Morgan fingerprint density at radius 2 is 2.24 bits per heavy atom. The molecular formula is C12H11N3O2. The Morgan fingerprint density at radius 3 is 2.94 bits per heavy atom. The molecular weight excluding hydrogens is 218 g/mol. The van der Waals surface area contributed by atoms with Gasteiger partial charge in [0.15, 0.2) is 11.6 Å². The van der Waals surface area contributed by atoms with Crippen LogP contribution in [0.15, 0.2) is 28.8 Å². The van der Waals surface area contributed by atoms with Gasteiger partial charge >= 0.3 is 0 Å². The van der Waals surface area contributed by atoms with E-state index in [1.807, 2.05) is 18.2 Å². The van der Waals surface area contributed by atoms with Crippen molar-refractivity contribution in [2.24, 2.45) is 0 Å². The van der Waals surface area contributed by atoms with Gasteiger partial charge in [-0.15, -0.1) is 0 Å². The summed E-state index contributed by atoms with van der Waals surface area (Å²) in [5.41, 5.74) is 8.33. The minimum absolute atomic E-state index is 0.106. The first-order valence-electron chi connectivity index (χ1n) is 5.27. The van der Waals surface area contributed by atoms with Crippen molar-refractivity contribution >= 4 is 17.4 Å². The smallest absolute Gasteiger partial charge is 0.231 e. The van der Waals surface area contributed by atoms with Gasteiger partial charge in [0.2, 0.25) is 5.91 Å². The van der Waals surface area contributed by atoms with Crippen molar-refractivity contribution in [3.05, 3.63) is 29.8 Å². The Balaban J connectivity index is 2.08. The lowest BCUT2D eigenvalue weighted by Gasteiger charge is -2.10. The number of benzene rings is 1. The fourth-order valence-electron chi connectivity index (χ4n) is 2.02. The zero-order valence-corrected chi connectivity index (χ0v) is 9.30. The van der Waals surface area contributed by atoms with Crippen molar-refractivity contribution in [2.75, 3.05) is 17.7 Å². The van der Waals surface area contributed by atoms with Crippen LogP contribution in [-0.4, -0.2) is 18.1 Å². The quantitative estimate of drug-likeness (QED) is 0.803. The van der Waals surface area contributed by atoms with E-state index in [-0.39, 0.29) is 5.91 Å². The van der Waals surface area contributed by atoms with Gasteiger partial charge in [-0.3, -0.25) is 4.79 Å². The average Bonchev–Trinajstić information content (AvgIpc) is 2.85.